The van der Waals surface area contributed by atoms with Gasteiger partial charge in [0.15, 0.2) is 11.6 Å². The van der Waals surface area contributed by atoms with E-state index in [1.54, 1.807) is 16.8 Å². The summed E-state index contributed by atoms with van der Waals surface area (Å²) < 4.78 is 7.71. The van der Waals surface area contributed by atoms with Crippen LogP contribution in [0.2, 0.25) is 0 Å². The third kappa shape index (κ3) is 4.79. The van der Waals surface area contributed by atoms with Gasteiger partial charge in [0.25, 0.3) is 5.69 Å². The van der Waals surface area contributed by atoms with E-state index >= 15 is 0 Å². The van der Waals surface area contributed by atoms with E-state index in [1.807, 2.05) is 54.6 Å². The molecule has 0 spiro atoms. The molecule has 9 heteroatoms. The predicted molar refractivity (Wildman–Crippen MR) is 146 cm³/mol. The average molecular weight is 522 g/mol. The number of carbonyl (C=O) groups is 1. The first-order valence-electron chi connectivity index (χ1n) is 12.8. The Morgan fingerprint density at radius 1 is 1.03 bits per heavy atom. The fourth-order valence-electron chi connectivity index (χ4n) is 5.26. The third-order valence-electron chi connectivity index (χ3n) is 7.11. The number of Topliss-reactive ketones (excluding diaryl/α,β-unsaturated/α-hetero) is 1. The molecule has 1 atom stereocenters. The van der Waals surface area contributed by atoms with Crippen molar-refractivity contribution in [3.63, 3.8) is 0 Å². The summed E-state index contributed by atoms with van der Waals surface area (Å²) in [5, 5.41) is 19.2. The number of hydrogen-bond donors (Lipinski definition) is 1. The van der Waals surface area contributed by atoms with Crippen LogP contribution in [0.5, 0.6) is 5.75 Å². The Morgan fingerprint density at radius 2 is 1.74 bits per heavy atom. The van der Waals surface area contributed by atoms with Gasteiger partial charge in [0.05, 0.1) is 4.92 Å². The second kappa shape index (κ2) is 9.50. The molecule has 6 rings (SSSR count). The minimum absolute atomic E-state index is 0.00161. The molecule has 0 amide bonds. The first-order chi connectivity index (χ1) is 18.8. The topological polar surface area (TPSA) is 112 Å². The van der Waals surface area contributed by atoms with Gasteiger partial charge < -0.3 is 10.1 Å². The quantitative estimate of drug-likeness (QED) is 0.241. The lowest BCUT2D eigenvalue weighted by atomic mass is 9.73. The van der Waals surface area contributed by atoms with Gasteiger partial charge in [-0.15, -0.1) is 5.10 Å². The van der Waals surface area contributed by atoms with E-state index in [0.717, 1.165) is 22.6 Å². The molecule has 9 nitrogen and oxygen atoms in total. The highest BCUT2D eigenvalue weighted by molar-refractivity contribution is 6.00. The monoisotopic (exact) mass is 521 g/mol. The lowest BCUT2D eigenvalue weighted by Gasteiger charge is -2.38. The number of fused-ring (bicyclic) bond motifs is 1. The van der Waals surface area contributed by atoms with Gasteiger partial charge in [-0.3, -0.25) is 14.9 Å². The van der Waals surface area contributed by atoms with E-state index in [4.69, 9.17) is 14.8 Å². The number of nitrogens with zero attached hydrogens (tertiary/aromatic N) is 4. The van der Waals surface area contributed by atoms with Crippen LogP contribution in [0.15, 0.2) is 90.1 Å². The van der Waals surface area contributed by atoms with Gasteiger partial charge in [0, 0.05) is 35.4 Å². The molecule has 2 heterocycles. The van der Waals surface area contributed by atoms with Crippen LogP contribution in [-0.4, -0.2) is 25.5 Å². The minimum atomic E-state index is -0.456. The van der Waals surface area contributed by atoms with Crippen LogP contribution in [0.3, 0.4) is 0 Å². The molecule has 3 aromatic carbocycles. The second-order valence-electron chi connectivity index (χ2n) is 10.7. The molecule has 0 saturated carbocycles. The number of aromatic nitrogens is 3. The zero-order valence-corrected chi connectivity index (χ0v) is 21.6. The van der Waals surface area contributed by atoms with Gasteiger partial charge in [-0.2, -0.15) is 4.98 Å². The summed E-state index contributed by atoms with van der Waals surface area (Å²) >= 11 is 0. The Balaban J connectivity index is 1.36. The summed E-state index contributed by atoms with van der Waals surface area (Å²) in [6, 6.07) is 23.4. The molecule has 1 aliphatic heterocycles. The van der Waals surface area contributed by atoms with Crippen LogP contribution in [0.25, 0.3) is 11.4 Å². The second-order valence-corrected chi connectivity index (χ2v) is 10.7. The SMILES string of the molecule is CC1(C)CC(=O)C2=C(C1)Nc1nc(-c3ccc([N+](=O)[O-])cc3)nn1C2c1ccc(OCc2ccccc2)cc1. The number of nitro benzene ring substituents is 1. The summed E-state index contributed by atoms with van der Waals surface area (Å²) in [7, 11) is 0. The number of nitro groups is 1. The molecule has 0 bridgehead atoms. The van der Waals surface area contributed by atoms with E-state index in [2.05, 4.69) is 19.2 Å². The highest BCUT2D eigenvalue weighted by atomic mass is 16.6. The Bertz CT molecular complexity index is 1590. The average Bonchev–Trinajstić information content (AvgIpc) is 3.35. The lowest BCUT2D eigenvalue weighted by Crippen LogP contribution is -2.36. The number of nitrogens with one attached hydrogen (secondary N) is 1. The molecule has 1 aliphatic carbocycles. The van der Waals surface area contributed by atoms with Crippen molar-refractivity contribution in [3.05, 3.63) is 111 Å². The number of rotatable bonds is 6. The Morgan fingerprint density at radius 3 is 2.44 bits per heavy atom. The highest BCUT2D eigenvalue weighted by Crippen LogP contribution is 2.45. The maximum Gasteiger partial charge on any atom is 0.269 e. The van der Waals surface area contributed by atoms with Gasteiger partial charge in [-0.25, -0.2) is 4.68 Å². The van der Waals surface area contributed by atoms with Gasteiger partial charge >= 0.3 is 0 Å². The molecule has 0 saturated heterocycles. The van der Waals surface area contributed by atoms with Crippen molar-refractivity contribution in [1.82, 2.24) is 14.8 Å². The van der Waals surface area contributed by atoms with Gasteiger partial charge in [0.1, 0.15) is 18.4 Å². The van der Waals surface area contributed by atoms with Crippen molar-refractivity contribution in [2.75, 3.05) is 5.32 Å². The molecule has 0 radical (unpaired) electrons. The summed E-state index contributed by atoms with van der Waals surface area (Å²) in [5.41, 5.74) is 4.00. The fraction of sp³-hybridized carbons (Fsp3) is 0.233. The maximum absolute atomic E-state index is 13.5. The Kier molecular flexibility index (Phi) is 5.98. The minimum Gasteiger partial charge on any atom is -0.489 e. The van der Waals surface area contributed by atoms with Crippen molar-refractivity contribution in [3.8, 4) is 17.1 Å². The molecule has 39 heavy (non-hydrogen) atoms. The normalized spacial score (nSPS) is 17.7. The fourth-order valence-corrected chi connectivity index (χ4v) is 5.26. The van der Waals surface area contributed by atoms with Crippen molar-refractivity contribution < 1.29 is 14.5 Å². The first kappa shape index (κ1) is 24.5. The molecule has 0 fully saturated rings. The van der Waals surface area contributed by atoms with E-state index < -0.39 is 11.0 Å². The summed E-state index contributed by atoms with van der Waals surface area (Å²) in [6.45, 7) is 4.64. The molecule has 1 unspecified atom stereocenters. The third-order valence-corrected chi connectivity index (χ3v) is 7.11. The van der Waals surface area contributed by atoms with Gasteiger partial charge in [-0.1, -0.05) is 56.3 Å². The van der Waals surface area contributed by atoms with Crippen molar-refractivity contribution in [2.45, 2.75) is 39.3 Å². The summed E-state index contributed by atoms with van der Waals surface area (Å²) in [5.74, 6) is 1.77. The lowest BCUT2D eigenvalue weighted by molar-refractivity contribution is -0.384. The Labute approximate surface area is 225 Å². The molecule has 4 aromatic rings. The summed E-state index contributed by atoms with van der Waals surface area (Å²) in [6.07, 6.45) is 1.16. The first-order valence-corrected chi connectivity index (χ1v) is 12.8. The van der Waals surface area contributed by atoms with Crippen LogP contribution < -0.4 is 10.1 Å². The molecule has 1 aromatic heterocycles. The van der Waals surface area contributed by atoms with Crippen LogP contribution in [0, 0.1) is 15.5 Å². The van der Waals surface area contributed by atoms with E-state index in [1.165, 1.54) is 12.1 Å². The van der Waals surface area contributed by atoms with E-state index in [0.29, 0.717) is 42.4 Å². The standard InChI is InChI=1S/C30H27N5O4/c1-30(2)16-24-26(25(36)17-30)27(20-10-14-23(15-11-20)39-18-19-6-4-3-5-7-19)34-29(31-24)32-28(33-34)21-8-12-22(13-9-21)35(37)38/h3-15,27H,16-18H2,1-2H3,(H,31,32,33). The Hall–Kier alpha value is -4.79. The zero-order chi connectivity index (χ0) is 27.1. The number of allylic oxidation sites excluding steroid dienone is 2. The molecule has 2 aliphatic rings. The number of ketones is 1. The largest absolute Gasteiger partial charge is 0.489 e. The van der Waals surface area contributed by atoms with Gasteiger partial charge in [-0.05, 0) is 47.2 Å². The van der Waals surface area contributed by atoms with Crippen LogP contribution in [0.1, 0.15) is 43.9 Å². The smallest absolute Gasteiger partial charge is 0.269 e. The summed E-state index contributed by atoms with van der Waals surface area (Å²) in [4.78, 5) is 28.9. The molecular formula is C30H27N5O4. The number of ether oxygens (including phenoxy) is 1. The van der Waals surface area contributed by atoms with Crippen molar-refractivity contribution >= 4 is 17.4 Å². The number of benzene rings is 3. The molecule has 1 N–H and O–H groups in total. The number of hydrogen-bond acceptors (Lipinski definition) is 7. The number of non-ortho nitro benzene ring substituents is 1. The van der Waals surface area contributed by atoms with Gasteiger partial charge in [0.2, 0.25) is 5.95 Å². The maximum atomic E-state index is 13.5. The molecular weight excluding hydrogens is 494 g/mol. The van der Waals surface area contributed by atoms with Crippen molar-refractivity contribution in [1.29, 1.82) is 0 Å². The zero-order valence-electron chi connectivity index (χ0n) is 21.6. The van der Waals surface area contributed by atoms with E-state index in [9.17, 15) is 14.9 Å². The van der Waals surface area contributed by atoms with Crippen LogP contribution in [-0.2, 0) is 11.4 Å². The van der Waals surface area contributed by atoms with Crippen LogP contribution >= 0.6 is 0 Å². The molecule has 196 valence electrons. The predicted octanol–water partition coefficient (Wildman–Crippen LogP) is 6.09. The van der Waals surface area contributed by atoms with Crippen LogP contribution in [0.4, 0.5) is 11.6 Å². The van der Waals surface area contributed by atoms with E-state index in [-0.39, 0.29) is 16.9 Å². The number of carbonyl (C=O) groups excluding carboxylic acids is 1. The number of anilines is 1. The highest BCUT2D eigenvalue weighted by Gasteiger charge is 2.42. The van der Waals surface area contributed by atoms with Crippen molar-refractivity contribution in [2.24, 2.45) is 5.41 Å².